The number of carbonyl (C=O) groups is 1. The average molecular weight is 389 g/mol. The molecule has 1 aliphatic rings. The monoisotopic (exact) mass is 389 g/mol. The number of amides is 1. The number of rotatable bonds is 6. The Kier molecular flexibility index (Phi) is 5.91. The number of carbonyl (C=O) groups excluding carboxylic acids is 1. The Labute approximate surface area is 158 Å². The molecule has 27 heavy (non-hydrogen) atoms. The minimum absolute atomic E-state index is 0.0264. The van der Waals surface area contributed by atoms with Gasteiger partial charge in [0.15, 0.2) is 0 Å². The van der Waals surface area contributed by atoms with Crippen molar-refractivity contribution in [2.75, 3.05) is 25.0 Å². The van der Waals surface area contributed by atoms with Crippen molar-refractivity contribution < 1.29 is 18.3 Å². The van der Waals surface area contributed by atoms with Crippen LogP contribution in [-0.2, 0) is 10.0 Å². The summed E-state index contributed by atoms with van der Waals surface area (Å²) in [5.74, 6) is -0.455. The molecule has 1 aliphatic heterocycles. The summed E-state index contributed by atoms with van der Waals surface area (Å²) in [6.45, 7) is 0.444. The fraction of sp³-hybridized carbons (Fsp3) is 0.316. The largest absolute Gasteiger partial charge is 0.396 e. The zero-order valence-electron chi connectivity index (χ0n) is 14.8. The summed E-state index contributed by atoms with van der Waals surface area (Å²) in [6.07, 6.45) is 0.465. The number of nitrogens with two attached hydrogens (primary N) is 1. The predicted octanol–water partition coefficient (Wildman–Crippen LogP) is 1.27. The molecule has 0 saturated carbocycles. The van der Waals surface area contributed by atoms with Crippen LogP contribution in [0.4, 0.5) is 5.69 Å². The van der Waals surface area contributed by atoms with E-state index in [4.69, 9.17) is 10.8 Å². The number of aliphatic hydroxyl groups excluding tert-OH is 1. The molecule has 0 aliphatic carbocycles. The molecule has 0 radical (unpaired) electrons. The summed E-state index contributed by atoms with van der Waals surface area (Å²) in [4.78, 5) is 12.5. The van der Waals surface area contributed by atoms with Crippen LogP contribution in [0.2, 0.25) is 0 Å². The fourth-order valence-electron chi connectivity index (χ4n) is 3.19. The maximum Gasteiger partial charge on any atom is 0.255 e. The van der Waals surface area contributed by atoms with E-state index in [1.807, 2.05) is 6.07 Å². The smallest absolute Gasteiger partial charge is 0.255 e. The molecule has 4 N–H and O–H groups in total. The SMILES string of the molecule is N[C@@H]1CN(S(=O)(=O)c2cccc(C(=O)Nc3ccccc3)c2)C[C@H]1CCO. The van der Waals surface area contributed by atoms with Crippen molar-refractivity contribution in [2.45, 2.75) is 17.4 Å². The van der Waals surface area contributed by atoms with Crippen LogP contribution in [0.3, 0.4) is 0 Å². The highest BCUT2D eigenvalue weighted by atomic mass is 32.2. The third-order valence-corrected chi connectivity index (χ3v) is 6.55. The van der Waals surface area contributed by atoms with Crippen LogP contribution in [0.15, 0.2) is 59.5 Å². The highest BCUT2D eigenvalue weighted by molar-refractivity contribution is 7.89. The van der Waals surface area contributed by atoms with E-state index in [1.165, 1.54) is 16.4 Å². The molecule has 1 heterocycles. The summed E-state index contributed by atoms with van der Waals surface area (Å²) in [5, 5.41) is 11.8. The number of nitrogens with one attached hydrogen (secondary N) is 1. The first-order valence-electron chi connectivity index (χ1n) is 8.75. The minimum atomic E-state index is -3.76. The fourth-order valence-corrected chi connectivity index (χ4v) is 4.78. The molecule has 2 atom stereocenters. The van der Waals surface area contributed by atoms with Crippen molar-refractivity contribution in [3.63, 3.8) is 0 Å². The molecule has 0 aromatic heterocycles. The van der Waals surface area contributed by atoms with Gasteiger partial charge in [-0.1, -0.05) is 24.3 Å². The second-order valence-corrected chi connectivity index (χ2v) is 8.54. The lowest BCUT2D eigenvalue weighted by molar-refractivity contribution is 0.102. The molecular formula is C19H23N3O4S. The van der Waals surface area contributed by atoms with Gasteiger partial charge in [-0.3, -0.25) is 4.79 Å². The molecule has 0 unspecified atom stereocenters. The number of para-hydroxylation sites is 1. The lowest BCUT2D eigenvalue weighted by Gasteiger charge is -2.17. The van der Waals surface area contributed by atoms with Crippen LogP contribution in [0, 0.1) is 5.92 Å². The Morgan fingerprint density at radius 3 is 2.59 bits per heavy atom. The van der Waals surface area contributed by atoms with E-state index >= 15 is 0 Å². The van der Waals surface area contributed by atoms with Gasteiger partial charge in [0.25, 0.3) is 5.91 Å². The van der Waals surface area contributed by atoms with Gasteiger partial charge in [-0.25, -0.2) is 8.42 Å². The lowest BCUT2D eigenvalue weighted by Crippen LogP contribution is -2.32. The quantitative estimate of drug-likeness (QED) is 0.689. The van der Waals surface area contributed by atoms with Gasteiger partial charge in [-0.15, -0.1) is 0 Å². The van der Waals surface area contributed by atoms with Crippen molar-refractivity contribution >= 4 is 21.6 Å². The molecule has 2 aromatic carbocycles. The van der Waals surface area contributed by atoms with Gasteiger partial charge in [0, 0.05) is 37.0 Å². The third-order valence-electron chi connectivity index (χ3n) is 4.72. The minimum Gasteiger partial charge on any atom is -0.396 e. The molecule has 144 valence electrons. The number of aliphatic hydroxyl groups is 1. The van der Waals surface area contributed by atoms with Gasteiger partial charge in [0.2, 0.25) is 10.0 Å². The van der Waals surface area contributed by atoms with Crippen molar-refractivity contribution in [1.82, 2.24) is 4.31 Å². The van der Waals surface area contributed by atoms with Gasteiger partial charge in [-0.2, -0.15) is 4.31 Å². The first kappa shape index (κ1) is 19.5. The summed E-state index contributed by atoms with van der Waals surface area (Å²) in [7, 11) is -3.76. The van der Waals surface area contributed by atoms with Gasteiger partial charge >= 0.3 is 0 Å². The molecular weight excluding hydrogens is 366 g/mol. The van der Waals surface area contributed by atoms with Crippen LogP contribution in [-0.4, -0.2) is 49.5 Å². The van der Waals surface area contributed by atoms with Crippen molar-refractivity contribution in [3.8, 4) is 0 Å². The Bertz CT molecular complexity index is 902. The standard InChI is InChI=1S/C19H23N3O4S/c20-18-13-22(12-15(18)9-10-23)27(25,26)17-8-4-5-14(11-17)19(24)21-16-6-2-1-3-7-16/h1-8,11,15,18,23H,9-10,12-13,20H2,(H,21,24)/t15-,18-/m1/s1. The first-order chi connectivity index (χ1) is 12.9. The number of hydrogen-bond acceptors (Lipinski definition) is 5. The predicted molar refractivity (Wildman–Crippen MR) is 103 cm³/mol. The summed E-state index contributed by atoms with van der Waals surface area (Å²) < 4.78 is 27.2. The molecule has 1 amide bonds. The van der Waals surface area contributed by atoms with E-state index in [0.29, 0.717) is 12.1 Å². The molecule has 1 fully saturated rings. The van der Waals surface area contributed by atoms with E-state index in [9.17, 15) is 13.2 Å². The highest BCUT2D eigenvalue weighted by Crippen LogP contribution is 2.26. The van der Waals surface area contributed by atoms with Gasteiger partial charge in [0.05, 0.1) is 4.90 Å². The normalized spacial score (nSPS) is 20.5. The maximum atomic E-state index is 12.9. The van der Waals surface area contributed by atoms with Crippen LogP contribution >= 0.6 is 0 Å². The van der Waals surface area contributed by atoms with Crippen molar-refractivity contribution in [3.05, 3.63) is 60.2 Å². The number of hydrogen-bond donors (Lipinski definition) is 3. The van der Waals surface area contributed by atoms with Crippen molar-refractivity contribution in [2.24, 2.45) is 11.7 Å². The Hall–Kier alpha value is -2.26. The first-order valence-corrected chi connectivity index (χ1v) is 10.2. The van der Waals surface area contributed by atoms with E-state index in [1.54, 1.807) is 36.4 Å². The summed E-state index contributed by atoms with van der Waals surface area (Å²) in [5.41, 5.74) is 6.91. The lowest BCUT2D eigenvalue weighted by atomic mass is 10.0. The number of anilines is 1. The van der Waals surface area contributed by atoms with E-state index in [2.05, 4.69) is 5.32 Å². The molecule has 0 spiro atoms. The van der Waals surface area contributed by atoms with Gasteiger partial charge in [-0.05, 0) is 42.7 Å². The van der Waals surface area contributed by atoms with Crippen LogP contribution in [0.25, 0.3) is 0 Å². The molecule has 1 saturated heterocycles. The molecule has 7 nitrogen and oxygen atoms in total. The number of sulfonamides is 1. The molecule has 3 rings (SSSR count). The topological polar surface area (TPSA) is 113 Å². The summed E-state index contributed by atoms with van der Waals surface area (Å²) in [6, 6.07) is 14.6. The highest BCUT2D eigenvalue weighted by Gasteiger charge is 2.37. The molecule has 8 heteroatoms. The summed E-state index contributed by atoms with van der Waals surface area (Å²) >= 11 is 0. The number of benzene rings is 2. The Balaban J connectivity index is 1.79. The zero-order chi connectivity index (χ0) is 19.4. The van der Waals surface area contributed by atoms with Gasteiger partial charge in [0.1, 0.15) is 0 Å². The van der Waals surface area contributed by atoms with E-state index in [-0.39, 0.29) is 48.0 Å². The zero-order valence-corrected chi connectivity index (χ0v) is 15.6. The van der Waals surface area contributed by atoms with E-state index in [0.717, 1.165) is 0 Å². The van der Waals surface area contributed by atoms with E-state index < -0.39 is 10.0 Å². The third kappa shape index (κ3) is 4.36. The van der Waals surface area contributed by atoms with Crippen LogP contribution in [0.5, 0.6) is 0 Å². The average Bonchev–Trinajstić information content (AvgIpc) is 3.04. The second kappa shape index (κ2) is 8.18. The molecule has 0 bridgehead atoms. The Morgan fingerprint density at radius 1 is 1.15 bits per heavy atom. The maximum absolute atomic E-state index is 12.9. The Morgan fingerprint density at radius 2 is 1.89 bits per heavy atom. The second-order valence-electron chi connectivity index (χ2n) is 6.61. The van der Waals surface area contributed by atoms with Crippen LogP contribution in [0.1, 0.15) is 16.8 Å². The number of nitrogens with zero attached hydrogens (tertiary/aromatic N) is 1. The van der Waals surface area contributed by atoms with Crippen LogP contribution < -0.4 is 11.1 Å². The van der Waals surface area contributed by atoms with Gasteiger partial charge < -0.3 is 16.2 Å². The molecule has 2 aromatic rings. The van der Waals surface area contributed by atoms with Crippen molar-refractivity contribution in [1.29, 1.82) is 0 Å².